The highest BCUT2D eigenvalue weighted by atomic mass is 16.3. The lowest BCUT2D eigenvalue weighted by atomic mass is 10.1. The van der Waals surface area contributed by atoms with Crippen molar-refractivity contribution in [2.75, 3.05) is 39.3 Å². The van der Waals surface area contributed by atoms with Gasteiger partial charge in [-0.1, -0.05) is 6.92 Å². The summed E-state index contributed by atoms with van der Waals surface area (Å²) < 4.78 is 0. The van der Waals surface area contributed by atoms with Crippen molar-refractivity contribution < 1.29 is 9.90 Å². The Hall–Kier alpha value is -0.450. The van der Waals surface area contributed by atoms with Crippen LogP contribution in [0.4, 0.5) is 0 Å². The molecule has 1 unspecified atom stereocenters. The minimum Gasteiger partial charge on any atom is -0.395 e. The van der Waals surface area contributed by atoms with Gasteiger partial charge in [-0.05, 0) is 6.92 Å². The number of aliphatic hydroxyl groups is 1. The van der Waals surface area contributed by atoms with Crippen LogP contribution in [0.3, 0.4) is 0 Å². The van der Waals surface area contributed by atoms with Crippen LogP contribution in [0.5, 0.6) is 0 Å². The topological polar surface area (TPSA) is 43.8 Å². The van der Waals surface area contributed by atoms with Gasteiger partial charge in [-0.15, -0.1) is 0 Å². The Morgan fingerprint density at radius 3 is 2.40 bits per heavy atom. The lowest BCUT2D eigenvalue weighted by molar-refractivity contribution is -0.124. The molecule has 1 aliphatic rings. The number of ketones is 1. The Bertz CT molecular complexity index is 201. The van der Waals surface area contributed by atoms with E-state index in [9.17, 15) is 4.79 Å². The van der Waals surface area contributed by atoms with Crippen molar-refractivity contribution in [3.63, 3.8) is 0 Å². The van der Waals surface area contributed by atoms with Crippen molar-refractivity contribution in [2.24, 2.45) is 0 Å². The number of Topliss-reactive ketones (excluding diaryl/α,β-unsaturated/α-hetero) is 1. The Balaban J connectivity index is 2.33. The number of rotatable bonds is 5. The van der Waals surface area contributed by atoms with Crippen LogP contribution in [0.15, 0.2) is 0 Å². The second kappa shape index (κ2) is 6.20. The van der Waals surface area contributed by atoms with Crippen molar-refractivity contribution in [2.45, 2.75) is 26.3 Å². The lowest BCUT2D eigenvalue weighted by Gasteiger charge is -2.37. The minimum atomic E-state index is 0.0614. The first-order chi connectivity index (χ1) is 7.19. The molecule has 0 aromatic heterocycles. The van der Waals surface area contributed by atoms with Gasteiger partial charge in [0.1, 0.15) is 5.78 Å². The molecule has 1 rings (SSSR count). The number of piperazine rings is 1. The Morgan fingerprint density at radius 2 is 1.93 bits per heavy atom. The standard InChI is InChI=1S/C11H22N2O2/c1-3-11(15)10(2)13-6-4-12(5-7-13)8-9-14/h10,14H,3-9H2,1-2H3. The normalized spacial score (nSPS) is 21.5. The quantitative estimate of drug-likeness (QED) is 0.697. The van der Waals surface area contributed by atoms with E-state index in [0.717, 1.165) is 32.7 Å². The van der Waals surface area contributed by atoms with E-state index in [2.05, 4.69) is 9.80 Å². The van der Waals surface area contributed by atoms with Gasteiger partial charge >= 0.3 is 0 Å². The molecule has 0 spiro atoms. The van der Waals surface area contributed by atoms with E-state index in [1.165, 1.54) is 0 Å². The Morgan fingerprint density at radius 1 is 1.33 bits per heavy atom. The monoisotopic (exact) mass is 214 g/mol. The molecule has 4 heteroatoms. The summed E-state index contributed by atoms with van der Waals surface area (Å²) in [7, 11) is 0. The van der Waals surface area contributed by atoms with E-state index in [-0.39, 0.29) is 12.6 Å². The van der Waals surface area contributed by atoms with Crippen LogP contribution in [0, 0.1) is 0 Å². The fourth-order valence-electron chi connectivity index (χ4n) is 2.01. The molecule has 0 radical (unpaired) electrons. The van der Waals surface area contributed by atoms with Gasteiger partial charge in [0, 0.05) is 39.1 Å². The van der Waals surface area contributed by atoms with Crippen LogP contribution in [0.2, 0.25) is 0 Å². The predicted octanol–water partition coefficient (Wildman–Crippen LogP) is -0.0361. The van der Waals surface area contributed by atoms with Crippen molar-refractivity contribution in [1.82, 2.24) is 9.80 Å². The molecule has 0 aliphatic carbocycles. The molecule has 1 fully saturated rings. The zero-order chi connectivity index (χ0) is 11.3. The highest BCUT2D eigenvalue weighted by Gasteiger charge is 2.23. The number of hydrogen-bond acceptors (Lipinski definition) is 4. The third kappa shape index (κ3) is 3.55. The van der Waals surface area contributed by atoms with Gasteiger partial charge in [-0.3, -0.25) is 14.6 Å². The SMILES string of the molecule is CCC(=O)C(C)N1CCN(CCO)CC1. The number of carbonyl (C=O) groups excluding carboxylic acids is 1. The van der Waals surface area contributed by atoms with E-state index in [1.807, 2.05) is 13.8 Å². The predicted molar refractivity (Wildman–Crippen MR) is 59.9 cm³/mol. The van der Waals surface area contributed by atoms with Gasteiger partial charge in [0.05, 0.1) is 12.6 Å². The van der Waals surface area contributed by atoms with Gasteiger partial charge in [-0.2, -0.15) is 0 Å². The number of hydrogen-bond donors (Lipinski definition) is 1. The Labute approximate surface area is 91.9 Å². The maximum absolute atomic E-state index is 11.5. The van der Waals surface area contributed by atoms with E-state index in [1.54, 1.807) is 0 Å². The molecular formula is C11H22N2O2. The molecule has 0 saturated carbocycles. The lowest BCUT2D eigenvalue weighted by Crippen LogP contribution is -2.52. The van der Waals surface area contributed by atoms with Crippen LogP contribution >= 0.6 is 0 Å². The molecule has 1 heterocycles. The molecule has 15 heavy (non-hydrogen) atoms. The fraction of sp³-hybridized carbons (Fsp3) is 0.909. The maximum Gasteiger partial charge on any atom is 0.149 e. The second-order valence-electron chi connectivity index (χ2n) is 4.10. The summed E-state index contributed by atoms with van der Waals surface area (Å²) in [6.07, 6.45) is 0.623. The third-order valence-electron chi connectivity index (χ3n) is 3.19. The zero-order valence-electron chi connectivity index (χ0n) is 9.78. The molecule has 1 N–H and O–H groups in total. The first kappa shape index (κ1) is 12.6. The Kier molecular flexibility index (Phi) is 5.22. The summed E-state index contributed by atoms with van der Waals surface area (Å²) in [6, 6.07) is 0.0614. The molecular weight excluding hydrogens is 192 g/mol. The molecule has 0 aromatic carbocycles. The molecule has 4 nitrogen and oxygen atoms in total. The summed E-state index contributed by atoms with van der Waals surface area (Å²) in [5, 5.41) is 8.81. The van der Waals surface area contributed by atoms with Gasteiger partial charge < -0.3 is 5.11 Å². The summed E-state index contributed by atoms with van der Waals surface area (Å²) in [5.74, 6) is 0.325. The number of nitrogens with zero attached hydrogens (tertiary/aromatic N) is 2. The van der Waals surface area contributed by atoms with Crippen molar-refractivity contribution in [3.8, 4) is 0 Å². The molecule has 0 amide bonds. The largest absolute Gasteiger partial charge is 0.395 e. The maximum atomic E-state index is 11.5. The first-order valence-electron chi connectivity index (χ1n) is 5.79. The number of β-amino-alcohol motifs (C(OH)–C–C–N with tert-alkyl or cyclic N) is 1. The average Bonchev–Trinajstić information content (AvgIpc) is 2.28. The van der Waals surface area contributed by atoms with Crippen LogP contribution in [-0.4, -0.2) is 66.1 Å². The summed E-state index contributed by atoms with van der Waals surface area (Å²) in [4.78, 5) is 16.0. The van der Waals surface area contributed by atoms with E-state index in [4.69, 9.17) is 5.11 Å². The zero-order valence-corrected chi connectivity index (χ0v) is 9.78. The molecule has 0 aromatic rings. The summed E-state index contributed by atoms with van der Waals surface area (Å²) >= 11 is 0. The molecule has 1 saturated heterocycles. The van der Waals surface area contributed by atoms with Gasteiger partial charge in [-0.25, -0.2) is 0 Å². The van der Waals surface area contributed by atoms with E-state index in [0.29, 0.717) is 12.2 Å². The first-order valence-corrected chi connectivity index (χ1v) is 5.79. The van der Waals surface area contributed by atoms with Crippen LogP contribution in [0.1, 0.15) is 20.3 Å². The number of carbonyl (C=O) groups is 1. The van der Waals surface area contributed by atoms with Gasteiger partial charge in [0.25, 0.3) is 0 Å². The van der Waals surface area contributed by atoms with E-state index < -0.39 is 0 Å². The molecule has 1 aliphatic heterocycles. The molecule has 0 bridgehead atoms. The third-order valence-corrected chi connectivity index (χ3v) is 3.19. The van der Waals surface area contributed by atoms with Crippen molar-refractivity contribution in [1.29, 1.82) is 0 Å². The average molecular weight is 214 g/mol. The van der Waals surface area contributed by atoms with Crippen molar-refractivity contribution >= 4 is 5.78 Å². The van der Waals surface area contributed by atoms with Crippen molar-refractivity contribution in [3.05, 3.63) is 0 Å². The second-order valence-corrected chi connectivity index (χ2v) is 4.10. The fourth-order valence-corrected chi connectivity index (χ4v) is 2.01. The highest BCUT2D eigenvalue weighted by Crippen LogP contribution is 2.07. The minimum absolute atomic E-state index is 0.0614. The highest BCUT2D eigenvalue weighted by molar-refractivity contribution is 5.83. The summed E-state index contributed by atoms with van der Waals surface area (Å²) in [6.45, 7) is 8.69. The van der Waals surface area contributed by atoms with Crippen LogP contribution < -0.4 is 0 Å². The van der Waals surface area contributed by atoms with Gasteiger partial charge in [0.2, 0.25) is 0 Å². The van der Waals surface area contributed by atoms with E-state index >= 15 is 0 Å². The van der Waals surface area contributed by atoms with Crippen LogP contribution in [-0.2, 0) is 4.79 Å². The molecule has 88 valence electrons. The molecule has 1 atom stereocenters. The van der Waals surface area contributed by atoms with Crippen LogP contribution in [0.25, 0.3) is 0 Å². The summed E-state index contributed by atoms with van der Waals surface area (Å²) in [5.41, 5.74) is 0. The van der Waals surface area contributed by atoms with Gasteiger partial charge in [0.15, 0.2) is 0 Å². The number of aliphatic hydroxyl groups excluding tert-OH is 1. The smallest absolute Gasteiger partial charge is 0.149 e.